The molecule has 0 aliphatic rings. The van der Waals surface area contributed by atoms with Gasteiger partial charge in [0.1, 0.15) is 0 Å². The molecule has 166 valence electrons. The number of hydrogen-bond donors (Lipinski definition) is 0. The minimum absolute atomic E-state index is 0.0864. The van der Waals surface area contributed by atoms with Gasteiger partial charge in [0.15, 0.2) is 0 Å². The first-order valence-corrected chi connectivity index (χ1v) is 14.1. The number of pyridine rings is 1. The van der Waals surface area contributed by atoms with E-state index >= 15 is 0 Å². The summed E-state index contributed by atoms with van der Waals surface area (Å²) in [4.78, 5) is 4.93. The van der Waals surface area contributed by atoms with Gasteiger partial charge in [0.25, 0.3) is 0 Å². The molecule has 0 amide bonds. The Balaban J connectivity index is 1.63. The average molecular weight is 486 g/mol. The third-order valence-corrected chi connectivity index (χ3v) is 9.63. The minimum atomic E-state index is 0.0864. The van der Waals surface area contributed by atoms with Crippen molar-refractivity contribution in [3.8, 4) is 11.3 Å². The summed E-state index contributed by atoms with van der Waals surface area (Å²) in [5.74, 6) is 0.664. The fourth-order valence-electron chi connectivity index (χ4n) is 4.91. The van der Waals surface area contributed by atoms with E-state index < -0.39 is 0 Å². The number of thiophene rings is 3. The maximum absolute atomic E-state index is 4.93. The van der Waals surface area contributed by atoms with Crippen LogP contribution in [0, 0.1) is 5.92 Å². The van der Waals surface area contributed by atoms with Gasteiger partial charge in [-0.1, -0.05) is 40.7 Å². The molecule has 4 heteroatoms. The van der Waals surface area contributed by atoms with E-state index in [2.05, 4.69) is 81.8 Å². The van der Waals surface area contributed by atoms with E-state index in [-0.39, 0.29) is 5.41 Å². The van der Waals surface area contributed by atoms with Gasteiger partial charge in [-0.15, -0.1) is 34.0 Å². The second-order valence-electron chi connectivity index (χ2n) is 10.4. The molecule has 0 bridgehead atoms. The lowest BCUT2D eigenvalue weighted by Gasteiger charge is -2.21. The maximum Gasteiger partial charge on any atom is 0.0880 e. The lowest BCUT2D eigenvalue weighted by atomic mass is 9.85. The number of rotatable bonds is 3. The van der Waals surface area contributed by atoms with Crippen molar-refractivity contribution in [2.45, 2.75) is 46.5 Å². The van der Waals surface area contributed by atoms with Crippen LogP contribution in [-0.2, 0) is 11.8 Å². The molecule has 0 aliphatic heterocycles. The molecule has 0 fully saturated rings. The number of benzene rings is 2. The van der Waals surface area contributed by atoms with Crippen molar-refractivity contribution in [3.63, 3.8) is 0 Å². The van der Waals surface area contributed by atoms with Crippen LogP contribution in [-0.4, -0.2) is 4.98 Å². The summed E-state index contributed by atoms with van der Waals surface area (Å²) in [6.45, 7) is 11.5. The molecule has 4 heterocycles. The van der Waals surface area contributed by atoms with Crippen LogP contribution < -0.4 is 0 Å². The van der Waals surface area contributed by atoms with E-state index in [1.165, 1.54) is 57.0 Å². The highest BCUT2D eigenvalue weighted by Crippen LogP contribution is 2.45. The zero-order valence-electron chi connectivity index (χ0n) is 19.7. The Morgan fingerprint density at radius 2 is 1.76 bits per heavy atom. The molecule has 1 nitrogen and oxygen atoms in total. The summed E-state index contributed by atoms with van der Waals surface area (Å²) >= 11 is 5.64. The van der Waals surface area contributed by atoms with E-state index in [0.717, 1.165) is 12.1 Å². The van der Waals surface area contributed by atoms with Crippen LogP contribution >= 0.6 is 34.0 Å². The van der Waals surface area contributed by atoms with Crippen LogP contribution in [0.5, 0.6) is 0 Å². The van der Waals surface area contributed by atoms with Crippen LogP contribution in [0.15, 0.2) is 53.4 Å². The van der Waals surface area contributed by atoms with Crippen molar-refractivity contribution in [2.24, 2.45) is 5.92 Å². The van der Waals surface area contributed by atoms with E-state index in [9.17, 15) is 0 Å². The summed E-state index contributed by atoms with van der Waals surface area (Å²) in [6.07, 6.45) is 3.14. The molecule has 2 aromatic carbocycles. The second-order valence-corrected chi connectivity index (χ2v) is 13.3. The van der Waals surface area contributed by atoms with E-state index in [4.69, 9.17) is 4.98 Å². The average Bonchev–Trinajstić information content (AvgIpc) is 3.47. The monoisotopic (exact) mass is 485 g/mol. The predicted molar refractivity (Wildman–Crippen MR) is 151 cm³/mol. The first-order chi connectivity index (χ1) is 15.8. The van der Waals surface area contributed by atoms with Gasteiger partial charge in [-0.3, -0.25) is 4.98 Å². The highest BCUT2D eigenvalue weighted by molar-refractivity contribution is 7.27. The third kappa shape index (κ3) is 3.42. The smallest absolute Gasteiger partial charge is 0.0880 e. The topological polar surface area (TPSA) is 12.9 Å². The Labute approximate surface area is 206 Å². The van der Waals surface area contributed by atoms with E-state index in [1.807, 2.05) is 40.2 Å². The largest absolute Gasteiger partial charge is 0.255 e. The molecule has 0 saturated carbocycles. The molecule has 6 rings (SSSR count). The summed E-state index contributed by atoms with van der Waals surface area (Å²) in [5, 5.41) is 10.1. The summed E-state index contributed by atoms with van der Waals surface area (Å²) in [6, 6.07) is 13.8. The van der Waals surface area contributed by atoms with Gasteiger partial charge in [-0.2, -0.15) is 0 Å². The minimum Gasteiger partial charge on any atom is -0.255 e. The molecule has 0 spiro atoms. The van der Waals surface area contributed by atoms with Crippen LogP contribution in [0.1, 0.15) is 45.7 Å². The number of hydrogen-bond acceptors (Lipinski definition) is 4. The van der Waals surface area contributed by atoms with Crippen molar-refractivity contribution < 1.29 is 0 Å². The van der Waals surface area contributed by atoms with Crippen LogP contribution in [0.3, 0.4) is 0 Å². The highest BCUT2D eigenvalue weighted by atomic mass is 32.1. The Kier molecular flexibility index (Phi) is 4.92. The molecule has 0 atom stereocenters. The van der Waals surface area contributed by atoms with Gasteiger partial charge >= 0.3 is 0 Å². The lowest BCUT2D eigenvalue weighted by molar-refractivity contribution is 0.597. The van der Waals surface area contributed by atoms with Crippen molar-refractivity contribution in [1.29, 1.82) is 0 Å². The van der Waals surface area contributed by atoms with E-state index in [0.29, 0.717) is 5.92 Å². The van der Waals surface area contributed by atoms with Crippen molar-refractivity contribution in [3.05, 3.63) is 64.5 Å². The number of fused-ring (bicyclic) bond motifs is 6. The molecule has 33 heavy (non-hydrogen) atoms. The van der Waals surface area contributed by atoms with Gasteiger partial charge in [-0.25, -0.2) is 0 Å². The standard InChI is InChI=1S/C29H27NS3/c1-16(2)12-19-15-32-27-20(19)6-7-23-24(27)21-8-10-30-25(28(21)33-23)18-13-17-9-11-31-26(17)22(14-18)29(3,4)5/h6-11,13-16H,12H2,1-5H3. The SMILES string of the molecule is CC(C)Cc1csc2c1ccc1sc3c(-c4cc(C(C)(C)C)c5sccc5c4)nccc3c12. The molecule has 0 aliphatic carbocycles. The molecular formula is C29H27NS3. The Morgan fingerprint density at radius 3 is 2.55 bits per heavy atom. The van der Waals surface area contributed by atoms with E-state index in [1.54, 1.807) is 0 Å². The normalized spacial score (nSPS) is 12.8. The van der Waals surface area contributed by atoms with Gasteiger partial charge in [-0.05, 0) is 80.7 Å². The van der Waals surface area contributed by atoms with Crippen molar-refractivity contribution in [1.82, 2.24) is 4.98 Å². The Bertz CT molecular complexity index is 1650. The third-order valence-electron chi connectivity index (χ3n) is 6.43. The zero-order valence-corrected chi connectivity index (χ0v) is 22.1. The molecule has 0 radical (unpaired) electrons. The molecule has 0 unspecified atom stereocenters. The Hall–Kier alpha value is -2.27. The quantitative estimate of drug-likeness (QED) is 0.243. The first-order valence-electron chi connectivity index (χ1n) is 11.5. The molecule has 0 saturated heterocycles. The predicted octanol–water partition coefficient (Wildman–Crippen LogP) is 10.0. The summed E-state index contributed by atoms with van der Waals surface area (Å²) in [7, 11) is 0. The second kappa shape index (κ2) is 7.63. The highest BCUT2D eigenvalue weighted by Gasteiger charge is 2.21. The Morgan fingerprint density at radius 1 is 0.909 bits per heavy atom. The summed E-state index contributed by atoms with van der Waals surface area (Å²) in [5.41, 5.74) is 5.32. The van der Waals surface area contributed by atoms with Crippen LogP contribution in [0.25, 0.3) is 51.6 Å². The first kappa shape index (κ1) is 21.3. The fourth-order valence-corrected chi connectivity index (χ4v) is 8.45. The number of nitrogens with zero attached hydrogens (tertiary/aromatic N) is 1. The summed E-state index contributed by atoms with van der Waals surface area (Å²) < 4.78 is 5.48. The lowest BCUT2D eigenvalue weighted by Crippen LogP contribution is -2.11. The zero-order chi connectivity index (χ0) is 22.9. The van der Waals surface area contributed by atoms with Crippen molar-refractivity contribution in [2.75, 3.05) is 0 Å². The van der Waals surface area contributed by atoms with Gasteiger partial charge < -0.3 is 0 Å². The maximum atomic E-state index is 4.93. The van der Waals surface area contributed by atoms with Gasteiger partial charge in [0.05, 0.1) is 10.4 Å². The van der Waals surface area contributed by atoms with Crippen LogP contribution in [0.4, 0.5) is 0 Å². The molecule has 0 N–H and O–H groups in total. The fraction of sp³-hybridized carbons (Fsp3) is 0.276. The molecular weight excluding hydrogens is 459 g/mol. The van der Waals surface area contributed by atoms with Gasteiger partial charge in [0.2, 0.25) is 0 Å². The molecule has 6 aromatic rings. The van der Waals surface area contributed by atoms with Crippen molar-refractivity contribution >= 4 is 74.4 Å². The van der Waals surface area contributed by atoms with Gasteiger partial charge in [0, 0.05) is 36.6 Å². The molecule has 4 aromatic heterocycles. The number of aromatic nitrogens is 1. The van der Waals surface area contributed by atoms with Crippen LogP contribution in [0.2, 0.25) is 0 Å².